The van der Waals surface area contributed by atoms with Crippen LogP contribution in [0.1, 0.15) is 64.2 Å². The molecule has 0 fully saturated rings. The van der Waals surface area contributed by atoms with Gasteiger partial charge in [0.15, 0.2) is 5.78 Å². The van der Waals surface area contributed by atoms with Crippen molar-refractivity contribution < 1.29 is 4.79 Å². The summed E-state index contributed by atoms with van der Waals surface area (Å²) in [6.45, 7) is 0. The molecule has 3 aliphatic carbocycles. The fourth-order valence-corrected chi connectivity index (χ4v) is 3.39. The van der Waals surface area contributed by atoms with Gasteiger partial charge in [-0.15, -0.1) is 23.7 Å². The van der Waals surface area contributed by atoms with Gasteiger partial charge in [0.2, 0.25) is 0 Å². The minimum Gasteiger partial charge on any atom is -0.289 e. The largest absolute Gasteiger partial charge is 0.289 e. The molecule has 0 aromatic rings. The van der Waals surface area contributed by atoms with Gasteiger partial charge in [0.1, 0.15) is 0 Å². The zero-order chi connectivity index (χ0) is 13.8. The molecule has 3 rings (SSSR count). The van der Waals surface area contributed by atoms with Gasteiger partial charge in [0.25, 0.3) is 0 Å². The maximum absolute atomic E-state index is 12.7. The second-order valence-corrected chi connectivity index (χ2v) is 5.66. The van der Waals surface area contributed by atoms with Crippen molar-refractivity contribution >= 4 is 5.78 Å². The Balaban J connectivity index is 1.93. The molecule has 102 valence electrons. The molecule has 0 aliphatic heterocycles. The van der Waals surface area contributed by atoms with E-state index in [0.29, 0.717) is 5.78 Å². The molecule has 1 nitrogen and oxygen atoms in total. The average Bonchev–Trinajstić information content (AvgIpc) is 2.81. The van der Waals surface area contributed by atoms with Crippen LogP contribution in [0.15, 0.2) is 22.3 Å². The predicted octanol–water partition coefficient (Wildman–Crippen LogP) is 4.10. The molecular formula is C19H20O. The van der Waals surface area contributed by atoms with Gasteiger partial charge in [0.05, 0.1) is 0 Å². The summed E-state index contributed by atoms with van der Waals surface area (Å²) < 4.78 is 0. The first kappa shape index (κ1) is 13.3. The fourth-order valence-electron chi connectivity index (χ4n) is 3.39. The van der Waals surface area contributed by atoms with Crippen LogP contribution in [0.25, 0.3) is 0 Å². The van der Waals surface area contributed by atoms with Crippen molar-refractivity contribution in [1.29, 1.82) is 0 Å². The van der Waals surface area contributed by atoms with E-state index < -0.39 is 0 Å². The Labute approximate surface area is 121 Å². The number of hydrogen-bond acceptors (Lipinski definition) is 1. The lowest BCUT2D eigenvalue weighted by atomic mass is 9.94. The number of hydrogen-bond donors (Lipinski definition) is 0. The molecule has 0 amide bonds. The van der Waals surface area contributed by atoms with Crippen LogP contribution < -0.4 is 0 Å². The van der Waals surface area contributed by atoms with E-state index in [-0.39, 0.29) is 0 Å². The van der Waals surface area contributed by atoms with Crippen LogP contribution in [0.4, 0.5) is 0 Å². The first-order valence-electron chi connectivity index (χ1n) is 7.78. The summed E-state index contributed by atoms with van der Waals surface area (Å²) in [5, 5.41) is 0. The molecule has 0 saturated heterocycles. The second-order valence-electron chi connectivity index (χ2n) is 5.66. The SMILES string of the molecule is O=C1C2=C(CCC#CCCC2)C2=C1CCC#CCCC2. The van der Waals surface area contributed by atoms with E-state index in [2.05, 4.69) is 23.7 Å². The van der Waals surface area contributed by atoms with Gasteiger partial charge in [-0.3, -0.25) is 4.79 Å². The van der Waals surface area contributed by atoms with Crippen LogP contribution in [-0.4, -0.2) is 5.78 Å². The summed E-state index contributed by atoms with van der Waals surface area (Å²) in [6, 6.07) is 0. The first-order valence-corrected chi connectivity index (χ1v) is 7.78. The van der Waals surface area contributed by atoms with Crippen molar-refractivity contribution in [1.82, 2.24) is 0 Å². The Morgan fingerprint density at radius 3 is 1.70 bits per heavy atom. The normalized spacial score (nSPS) is 22.7. The molecule has 0 aromatic carbocycles. The van der Waals surface area contributed by atoms with Crippen LogP contribution in [0.3, 0.4) is 0 Å². The van der Waals surface area contributed by atoms with Gasteiger partial charge in [-0.25, -0.2) is 0 Å². The Morgan fingerprint density at radius 2 is 1.00 bits per heavy atom. The van der Waals surface area contributed by atoms with Gasteiger partial charge in [-0.2, -0.15) is 0 Å². The van der Waals surface area contributed by atoms with E-state index in [0.717, 1.165) is 75.4 Å². The standard InChI is InChI=1S/C19H20O/c20-19-17-13-9-5-1-3-7-11-15(17)16-12-8-4-2-6-10-14-18(16)19/h3,6-14H2. The average molecular weight is 264 g/mol. The van der Waals surface area contributed by atoms with E-state index in [1.54, 1.807) is 0 Å². The van der Waals surface area contributed by atoms with Crippen molar-refractivity contribution in [2.24, 2.45) is 0 Å². The maximum atomic E-state index is 12.7. The third-order valence-electron chi connectivity index (χ3n) is 4.35. The molecule has 1 heteroatoms. The third-order valence-corrected chi connectivity index (χ3v) is 4.35. The zero-order valence-corrected chi connectivity index (χ0v) is 12.0. The van der Waals surface area contributed by atoms with Gasteiger partial charge in [-0.1, -0.05) is 0 Å². The molecule has 0 saturated carbocycles. The van der Waals surface area contributed by atoms with Gasteiger partial charge in [0, 0.05) is 36.8 Å². The van der Waals surface area contributed by atoms with Crippen LogP contribution >= 0.6 is 0 Å². The van der Waals surface area contributed by atoms with Crippen LogP contribution in [0.2, 0.25) is 0 Å². The molecule has 0 aromatic heterocycles. The van der Waals surface area contributed by atoms with Crippen molar-refractivity contribution in [3.8, 4) is 23.7 Å². The molecule has 0 unspecified atom stereocenters. The highest BCUT2D eigenvalue weighted by molar-refractivity contribution is 6.13. The molecule has 3 aliphatic rings. The number of Topliss-reactive ketones (excluding diaryl/α,β-unsaturated/α-hetero) is 1. The lowest BCUT2D eigenvalue weighted by Gasteiger charge is -2.09. The Bertz CT molecular complexity index is 608. The molecular weight excluding hydrogens is 244 g/mol. The number of carbonyl (C=O) groups excluding carboxylic acids is 1. The highest BCUT2D eigenvalue weighted by Crippen LogP contribution is 2.39. The van der Waals surface area contributed by atoms with E-state index in [9.17, 15) is 4.79 Å². The molecule has 0 atom stereocenters. The maximum Gasteiger partial charge on any atom is 0.185 e. The van der Waals surface area contributed by atoms with Crippen LogP contribution in [0.5, 0.6) is 0 Å². The summed E-state index contributed by atoms with van der Waals surface area (Å²) in [4.78, 5) is 12.7. The number of rotatable bonds is 0. The minimum absolute atomic E-state index is 0.334. The quantitative estimate of drug-likeness (QED) is 0.602. The minimum atomic E-state index is 0.334. The molecule has 0 radical (unpaired) electrons. The van der Waals surface area contributed by atoms with Crippen LogP contribution in [0, 0.1) is 23.7 Å². The highest BCUT2D eigenvalue weighted by Gasteiger charge is 2.30. The zero-order valence-electron chi connectivity index (χ0n) is 12.0. The Morgan fingerprint density at radius 1 is 0.550 bits per heavy atom. The lowest BCUT2D eigenvalue weighted by molar-refractivity contribution is -0.112. The first-order chi connectivity index (χ1) is 9.88. The Kier molecular flexibility index (Phi) is 4.08. The number of carbonyl (C=O) groups is 1. The Hall–Kier alpha value is -1.73. The van der Waals surface area contributed by atoms with Crippen molar-refractivity contribution in [2.45, 2.75) is 64.2 Å². The molecule has 0 bridgehead atoms. The molecule has 0 N–H and O–H groups in total. The number of ketones is 1. The molecule has 20 heavy (non-hydrogen) atoms. The predicted molar refractivity (Wildman–Crippen MR) is 80.8 cm³/mol. The van der Waals surface area contributed by atoms with Gasteiger partial charge >= 0.3 is 0 Å². The summed E-state index contributed by atoms with van der Waals surface area (Å²) in [7, 11) is 0. The second kappa shape index (κ2) is 6.15. The molecule has 0 heterocycles. The lowest BCUT2D eigenvalue weighted by Crippen LogP contribution is -2.03. The third kappa shape index (κ3) is 2.59. The summed E-state index contributed by atoms with van der Waals surface area (Å²) >= 11 is 0. The summed E-state index contributed by atoms with van der Waals surface area (Å²) in [5.74, 6) is 13.2. The summed E-state index contributed by atoms with van der Waals surface area (Å²) in [5.41, 5.74) is 4.90. The van der Waals surface area contributed by atoms with Crippen molar-refractivity contribution in [2.75, 3.05) is 0 Å². The number of fused-ring (bicyclic) bond motifs is 1. The van der Waals surface area contributed by atoms with E-state index in [1.165, 1.54) is 11.1 Å². The topological polar surface area (TPSA) is 17.1 Å². The van der Waals surface area contributed by atoms with Gasteiger partial charge < -0.3 is 0 Å². The van der Waals surface area contributed by atoms with E-state index in [4.69, 9.17) is 0 Å². The van der Waals surface area contributed by atoms with Crippen LogP contribution in [-0.2, 0) is 4.79 Å². The van der Waals surface area contributed by atoms with E-state index >= 15 is 0 Å². The van der Waals surface area contributed by atoms with Crippen molar-refractivity contribution in [3.05, 3.63) is 22.3 Å². The van der Waals surface area contributed by atoms with Crippen molar-refractivity contribution in [3.63, 3.8) is 0 Å². The van der Waals surface area contributed by atoms with E-state index in [1.807, 2.05) is 0 Å². The smallest absolute Gasteiger partial charge is 0.185 e. The monoisotopic (exact) mass is 264 g/mol. The van der Waals surface area contributed by atoms with Gasteiger partial charge in [-0.05, 0) is 49.7 Å². The highest BCUT2D eigenvalue weighted by atomic mass is 16.1. The fraction of sp³-hybridized carbons (Fsp3) is 0.526. The summed E-state index contributed by atoms with van der Waals surface area (Å²) in [6.07, 6.45) is 9.51. The molecule has 0 spiro atoms. The number of allylic oxidation sites excluding steroid dienone is 4.